The van der Waals surface area contributed by atoms with Crippen LogP contribution in [0.2, 0.25) is 0 Å². The Morgan fingerprint density at radius 1 is 0.966 bits per heavy atom. The highest BCUT2D eigenvalue weighted by Gasteiger charge is 2.11. The molecule has 14 heteroatoms. The molecule has 0 fully saturated rings. The molecule has 0 aliphatic rings. The van der Waals surface area contributed by atoms with Crippen molar-refractivity contribution in [1.29, 1.82) is 0 Å². The van der Waals surface area contributed by atoms with Crippen LogP contribution in [-0.2, 0) is 14.0 Å². The van der Waals surface area contributed by atoms with Crippen molar-refractivity contribution in [2.45, 2.75) is 0 Å². The van der Waals surface area contributed by atoms with Gasteiger partial charge in [-0.25, -0.2) is 13.8 Å². The fraction of sp³-hybridized carbons (Fsp3) is 0.0667. The molecule has 0 aliphatic heterocycles. The van der Waals surface area contributed by atoms with Crippen molar-refractivity contribution >= 4 is 53.9 Å². The number of nitro groups is 2. The lowest BCUT2D eigenvalue weighted by Gasteiger charge is -1.97. The molecule has 2 aromatic carbocycles. The molecule has 0 bridgehead atoms. The fourth-order valence-electron chi connectivity index (χ4n) is 1.62. The summed E-state index contributed by atoms with van der Waals surface area (Å²) < 4.78 is 13.5. The minimum absolute atomic E-state index is 0.0794. The molecular formula is C15H12Cl2N2O9S. The Balaban J connectivity index is 0.000000459. The number of aromatic carboxylic acids is 1. The number of carbonyl (C=O) groups excluding carboxylic acids is 1. The number of non-ortho nitro benzene ring substituents is 2. The second-order valence-corrected chi connectivity index (χ2v) is 7.12. The maximum absolute atomic E-state index is 10.9. The molecule has 0 aromatic heterocycles. The number of ether oxygens (including phenoxy) is 1. The van der Waals surface area contributed by atoms with Gasteiger partial charge in [-0.2, -0.15) is 0 Å². The quantitative estimate of drug-likeness (QED) is 0.305. The average molecular weight is 467 g/mol. The largest absolute Gasteiger partial charge is 0.478 e. The standard InChI is InChI=1S/C8H7NO4.C7H5NO4.Cl2OS/c1-13-8(10)6-3-2-4-7(5-6)9(11)12;9-7(10)5-2-1-3-6(4-5)8(11)12;1-4(2)3/h2-5H,1H3;1-4H,(H,9,10);. The molecule has 0 heterocycles. The van der Waals surface area contributed by atoms with Gasteiger partial charge in [0.1, 0.15) is 0 Å². The first kappa shape index (κ1) is 25.9. The number of nitrogens with zero attached hydrogens (tertiary/aromatic N) is 2. The van der Waals surface area contributed by atoms with Gasteiger partial charge in [0, 0.05) is 45.6 Å². The van der Waals surface area contributed by atoms with Crippen LogP contribution in [0, 0.1) is 20.2 Å². The van der Waals surface area contributed by atoms with Gasteiger partial charge in [-0.3, -0.25) is 20.2 Å². The van der Waals surface area contributed by atoms with E-state index in [1.165, 1.54) is 49.6 Å². The predicted molar refractivity (Wildman–Crippen MR) is 104 cm³/mol. The van der Waals surface area contributed by atoms with Gasteiger partial charge < -0.3 is 9.84 Å². The maximum Gasteiger partial charge on any atom is 0.338 e. The topological polar surface area (TPSA) is 167 Å². The van der Waals surface area contributed by atoms with E-state index in [0.29, 0.717) is 0 Å². The molecule has 1 N–H and O–H groups in total. The molecule has 0 radical (unpaired) electrons. The first-order valence-corrected chi connectivity index (χ1v) is 9.84. The predicted octanol–water partition coefficient (Wildman–Crippen LogP) is 3.72. The van der Waals surface area contributed by atoms with Gasteiger partial charge in [0.15, 0.2) is 0 Å². The third-order valence-electron chi connectivity index (χ3n) is 2.78. The summed E-state index contributed by atoms with van der Waals surface area (Å²) >= 11 is 0. The van der Waals surface area contributed by atoms with Gasteiger partial charge in [0.25, 0.3) is 11.4 Å². The van der Waals surface area contributed by atoms with Crippen LogP contribution >= 0.6 is 21.4 Å². The van der Waals surface area contributed by atoms with Crippen molar-refractivity contribution in [3.63, 3.8) is 0 Å². The first-order chi connectivity index (χ1) is 13.5. The summed E-state index contributed by atoms with van der Waals surface area (Å²) in [6.45, 7) is 0. The third-order valence-corrected chi connectivity index (χ3v) is 2.78. The Labute approximate surface area is 174 Å². The molecular weight excluding hydrogens is 455 g/mol. The summed E-state index contributed by atoms with van der Waals surface area (Å²) in [4.78, 5) is 40.6. The van der Waals surface area contributed by atoms with Gasteiger partial charge in [-0.1, -0.05) is 12.1 Å². The lowest BCUT2D eigenvalue weighted by molar-refractivity contribution is -0.385. The number of rotatable bonds is 4. The lowest BCUT2D eigenvalue weighted by atomic mass is 10.2. The highest BCUT2D eigenvalue weighted by Crippen LogP contribution is 2.13. The normalized spacial score (nSPS) is 9.24. The molecule has 0 atom stereocenters. The summed E-state index contributed by atoms with van der Waals surface area (Å²) in [6, 6.07) is 10.3. The van der Waals surface area contributed by atoms with Crippen LogP contribution in [0.15, 0.2) is 48.5 Å². The molecule has 0 unspecified atom stereocenters. The minimum Gasteiger partial charge on any atom is -0.478 e. The number of carboxylic acid groups (broad SMARTS) is 1. The Morgan fingerprint density at radius 2 is 1.34 bits per heavy atom. The average Bonchev–Trinajstić information content (AvgIpc) is 2.67. The second-order valence-electron chi connectivity index (χ2n) is 4.60. The van der Waals surface area contributed by atoms with Gasteiger partial charge in [0.2, 0.25) is 9.23 Å². The van der Waals surface area contributed by atoms with E-state index in [1.807, 2.05) is 0 Å². The maximum atomic E-state index is 10.9. The zero-order valence-electron chi connectivity index (χ0n) is 14.4. The van der Waals surface area contributed by atoms with Crippen molar-refractivity contribution in [2.24, 2.45) is 0 Å². The molecule has 0 aliphatic carbocycles. The Morgan fingerprint density at radius 3 is 1.69 bits per heavy atom. The summed E-state index contributed by atoms with van der Waals surface area (Å²) in [5, 5.41) is 29.0. The fourth-order valence-corrected chi connectivity index (χ4v) is 1.62. The van der Waals surface area contributed by atoms with Crippen LogP contribution in [0.5, 0.6) is 0 Å². The number of esters is 1. The number of carbonyl (C=O) groups is 2. The number of hydrogen-bond donors (Lipinski definition) is 1. The van der Waals surface area contributed by atoms with Crippen LogP contribution in [-0.4, -0.2) is 38.2 Å². The molecule has 0 saturated carbocycles. The molecule has 29 heavy (non-hydrogen) atoms. The van der Waals surface area contributed by atoms with Gasteiger partial charge in [-0.15, -0.1) is 0 Å². The zero-order valence-corrected chi connectivity index (χ0v) is 16.7. The lowest BCUT2D eigenvalue weighted by Crippen LogP contribution is -2.01. The number of halogens is 2. The number of methoxy groups -OCH3 is 1. The summed E-state index contributed by atoms with van der Waals surface area (Å²) in [5.74, 6) is -1.75. The van der Waals surface area contributed by atoms with E-state index in [1.54, 1.807) is 0 Å². The van der Waals surface area contributed by atoms with E-state index >= 15 is 0 Å². The Bertz CT molecular complexity index is 891. The molecule has 0 saturated heterocycles. The van der Waals surface area contributed by atoms with Crippen LogP contribution < -0.4 is 0 Å². The number of carboxylic acids is 1. The van der Waals surface area contributed by atoms with Gasteiger partial charge in [0.05, 0.1) is 28.1 Å². The Hall–Kier alpha value is -3.09. The van der Waals surface area contributed by atoms with Crippen molar-refractivity contribution in [3.8, 4) is 0 Å². The van der Waals surface area contributed by atoms with Gasteiger partial charge >= 0.3 is 11.9 Å². The molecule has 11 nitrogen and oxygen atoms in total. The summed E-state index contributed by atoms with van der Waals surface area (Å²) in [5.41, 5.74) is -0.237. The Kier molecular flexibility index (Phi) is 11.7. The van der Waals surface area contributed by atoms with E-state index in [4.69, 9.17) is 9.32 Å². The molecule has 0 amide bonds. The highest BCUT2D eigenvalue weighted by atomic mass is 36.0. The first-order valence-electron chi connectivity index (χ1n) is 7.04. The second kappa shape index (κ2) is 13.1. The van der Waals surface area contributed by atoms with Crippen molar-refractivity contribution in [2.75, 3.05) is 7.11 Å². The monoisotopic (exact) mass is 466 g/mol. The summed E-state index contributed by atoms with van der Waals surface area (Å²) in [6.07, 6.45) is 0. The smallest absolute Gasteiger partial charge is 0.338 e. The van der Waals surface area contributed by atoms with Crippen molar-refractivity contribution in [3.05, 3.63) is 79.9 Å². The van der Waals surface area contributed by atoms with E-state index in [0.717, 1.165) is 6.07 Å². The molecule has 2 rings (SSSR count). The van der Waals surface area contributed by atoms with E-state index in [9.17, 15) is 29.8 Å². The molecule has 156 valence electrons. The molecule has 0 spiro atoms. The number of benzene rings is 2. The van der Waals surface area contributed by atoms with E-state index < -0.39 is 31.0 Å². The summed E-state index contributed by atoms with van der Waals surface area (Å²) in [7, 11) is 8.58. The number of nitro benzene ring substituents is 2. The third kappa shape index (κ3) is 10.7. The van der Waals surface area contributed by atoms with Crippen LogP contribution in [0.1, 0.15) is 20.7 Å². The zero-order chi connectivity index (χ0) is 22.6. The van der Waals surface area contributed by atoms with Crippen LogP contribution in [0.3, 0.4) is 0 Å². The van der Waals surface area contributed by atoms with Crippen LogP contribution in [0.25, 0.3) is 0 Å². The van der Waals surface area contributed by atoms with E-state index in [-0.39, 0.29) is 22.5 Å². The van der Waals surface area contributed by atoms with Crippen LogP contribution in [0.4, 0.5) is 11.4 Å². The van der Waals surface area contributed by atoms with E-state index in [2.05, 4.69) is 26.1 Å². The van der Waals surface area contributed by atoms with Crippen molar-refractivity contribution in [1.82, 2.24) is 0 Å². The highest BCUT2D eigenvalue weighted by molar-refractivity contribution is 8.26. The van der Waals surface area contributed by atoms with Gasteiger partial charge in [-0.05, 0) is 12.1 Å². The molecule has 2 aromatic rings. The number of hydrogen-bond acceptors (Lipinski definition) is 8. The minimum atomic E-state index is -1.67. The van der Waals surface area contributed by atoms with Crippen molar-refractivity contribution < 1.29 is 33.5 Å². The SMILES string of the molecule is COC(=O)c1cccc([N+](=O)[O-])c1.O=C(O)c1cccc([N+](=O)[O-])c1.O=S(Cl)Cl.